The summed E-state index contributed by atoms with van der Waals surface area (Å²) in [6.45, 7) is 0.924. The lowest BCUT2D eigenvalue weighted by Gasteiger charge is -2.11. The molecule has 0 saturated carbocycles. The molecule has 0 aromatic heterocycles. The van der Waals surface area contributed by atoms with Crippen LogP contribution in [-0.4, -0.2) is 49.9 Å². The molecule has 1 amide bonds. The van der Waals surface area contributed by atoms with Gasteiger partial charge in [0, 0.05) is 0 Å². The number of nitrogens with zero attached hydrogens (tertiary/aromatic N) is 1. The van der Waals surface area contributed by atoms with Gasteiger partial charge in [0.05, 0.1) is 4.91 Å². The average Bonchev–Trinajstić information content (AvgIpc) is 2.74. The van der Waals surface area contributed by atoms with Crippen LogP contribution in [0.2, 0.25) is 0 Å². The molecule has 1 aromatic carbocycles. The number of ether oxygens (including phenoxy) is 1. The summed E-state index contributed by atoms with van der Waals surface area (Å²) in [6, 6.07) is 6.56. The lowest BCUT2D eigenvalue weighted by Crippen LogP contribution is -2.33. The van der Waals surface area contributed by atoms with E-state index in [1.54, 1.807) is 30.3 Å². The highest BCUT2D eigenvalue weighted by atomic mass is 32.2. The normalized spacial score (nSPS) is 17.2. The molecule has 1 unspecified atom stereocenters. The van der Waals surface area contributed by atoms with Crippen molar-refractivity contribution in [3.05, 3.63) is 34.7 Å². The summed E-state index contributed by atoms with van der Waals surface area (Å²) in [4.78, 5) is 35.1. The molecule has 126 valence electrons. The molecule has 9 heteroatoms. The summed E-state index contributed by atoms with van der Waals surface area (Å²) in [6.07, 6.45) is 0.549. The van der Waals surface area contributed by atoms with Gasteiger partial charge in [0.2, 0.25) is 0 Å². The van der Waals surface area contributed by atoms with Crippen LogP contribution in [0.3, 0.4) is 0 Å². The van der Waals surface area contributed by atoms with Crippen molar-refractivity contribution in [1.82, 2.24) is 4.90 Å². The number of carbonyl (C=O) groups is 3. The van der Waals surface area contributed by atoms with Crippen LogP contribution in [0.1, 0.15) is 12.5 Å². The topological polar surface area (TPSA) is 104 Å². The number of hydrogen-bond donors (Lipinski definition) is 2. The maximum absolute atomic E-state index is 12.2. The Hall–Kier alpha value is -2.39. The van der Waals surface area contributed by atoms with Crippen LogP contribution in [0.5, 0.6) is 5.75 Å². The molecule has 0 aliphatic carbocycles. The number of thioether (sulfide) groups is 1. The Labute approximate surface area is 146 Å². The maximum atomic E-state index is 12.2. The van der Waals surface area contributed by atoms with E-state index in [1.165, 1.54) is 6.92 Å². The Balaban J connectivity index is 2.19. The molecule has 1 heterocycles. The second-order valence-corrected chi connectivity index (χ2v) is 6.51. The molecule has 1 aromatic rings. The van der Waals surface area contributed by atoms with E-state index in [4.69, 9.17) is 27.2 Å². The highest BCUT2D eigenvalue weighted by Crippen LogP contribution is 2.32. The fourth-order valence-corrected chi connectivity index (χ4v) is 3.11. The molecule has 1 fully saturated rings. The van der Waals surface area contributed by atoms with Crippen molar-refractivity contribution in [3.8, 4) is 5.75 Å². The number of carboxylic acids is 2. The van der Waals surface area contributed by atoms with Crippen LogP contribution in [-0.2, 0) is 14.4 Å². The zero-order chi connectivity index (χ0) is 17.9. The molecule has 2 N–H and O–H groups in total. The van der Waals surface area contributed by atoms with Crippen LogP contribution >= 0.6 is 24.0 Å². The second-order valence-electron chi connectivity index (χ2n) is 4.83. The first-order valence-corrected chi connectivity index (χ1v) is 7.97. The SMILES string of the molecule is CC(Oc1cccc(/C=C2\SC(=S)N(CC(=O)O)C2=O)c1)C(=O)O. The Morgan fingerprint density at radius 1 is 1.42 bits per heavy atom. The van der Waals surface area contributed by atoms with Crippen molar-refractivity contribution in [2.75, 3.05) is 6.54 Å². The lowest BCUT2D eigenvalue weighted by molar-refractivity contribution is -0.144. The molecule has 1 aliphatic heterocycles. The minimum Gasteiger partial charge on any atom is -0.480 e. The van der Waals surface area contributed by atoms with E-state index in [0.29, 0.717) is 16.2 Å². The van der Waals surface area contributed by atoms with Crippen LogP contribution in [0.25, 0.3) is 6.08 Å². The average molecular weight is 367 g/mol. The molecular formula is C15H13NO6S2. The summed E-state index contributed by atoms with van der Waals surface area (Å²) in [7, 11) is 0. The van der Waals surface area contributed by atoms with Crippen LogP contribution in [0.15, 0.2) is 29.2 Å². The third kappa shape index (κ3) is 4.33. The fraction of sp³-hybridized carbons (Fsp3) is 0.200. The van der Waals surface area contributed by atoms with Crippen LogP contribution < -0.4 is 4.74 Å². The Bertz CT molecular complexity index is 745. The number of thiocarbonyl (C=S) groups is 1. The van der Waals surface area contributed by atoms with Gasteiger partial charge in [-0.25, -0.2) is 4.79 Å². The fourth-order valence-electron chi connectivity index (χ4n) is 1.86. The molecule has 0 spiro atoms. The molecule has 0 radical (unpaired) electrons. The summed E-state index contributed by atoms with van der Waals surface area (Å²) < 4.78 is 5.45. The van der Waals surface area contributed by atoms with Gasteiger partial charge in [-0.15, -0.1) is 0 Å². The van der Waals surface area contributed by atoms with Crippen molar-refractivity contribution in [3.63, 3.8) is 0 Å². The van der Waals surface area contributed by atoms with Gasteiger partial charge < -0.3 is 14.9 Å². The van der Waals surface area contributed by atoms with E-state index in [2.05, 4.69) is 0 Å². The summed E-state index contributed by atoms with van der Waals surface area (Å²) in [5, 5.41) is 17.7. The lowest BCUT2D eigenvalue weighted by atomic mass is 10.2. The number of amides is 1. The zero-order valence-electron chi connectivity index (χ0n) is 12.5. The quantitative estimate of drug-likeness (QED) is 0.580. The molecule has 1 saturated heterocycles. The molecule has 1 aliphatic rings. The van der Waals surface area contributed by atoms with Gasteiger partial charge in [-0.3, -0.25) is 14.5 Å². The van der Waals surface area contributed by atoms with E-state index in [-0.39, 0.29) is 4.32 Å². The molecule has 2 rings (SSSR count). The summed E-state index contributed by atoms with van der Waals surface area (Å²) in [5.74, 6) is -2.36. The van der Waals surface area contributed by atoms with E-state index >= 15 is 0 Å². The van der Waals surface area contributed by atoms with Crippen molar-refractivity contribution in [2.45, 2.75) is 13.0 Å². The smallest absolute Gasteiger partial charge is 0.344 e. The molecule has 7 nitrogen and oxygen atoms in total. The van der Waals surface area contributed by atoms with Crippen molar-refractivity contribution in [1.29, 1.82) is 0 Å². The maximum Gasteiger partial charge on any atom is 0.344 e. The number of hydrogen-bond acceptors (Lipinski definition) is 6. The number of benzene rings is 1. The number of carboxylic acid groups (broad SMARTS) is 2. The minimum atomic E-state index is -1.15. The van der Waals surface area contributed by atoms with Gasteiger partial charge in [0.1, 0.15) is 16.6 Å². The predicted octanol–water partition coefficient (Wildman–Crippen LogP) is 1.82. The number of carbonyl (C=O) groups excluding carboxylic acids is 1. The Kier molecular flexibility index (Phi) is 5.58. The van der Waals surface area contributed by atoms with E-state index in [9.17, 15) is 14.4 Å². The van der Waals surface area contributed by atoms with E-state index in [1.807, 2.05) is 0 Å². The van der Waals surface area contributed by atoms with Crippen molar-refractivity contribution < 1.29 is 29.3 Å². The van der Waals surface area contributed by atoms with Crippen molar-refractivity contribution in [2.24, 2.45) is 0 Å². The minimum absolute atomic E-state index is 0.181. The highest BCUT2D eigenvalue weighted by Gasteiger charge is 2.33. The largest absolute Gasteiger partial charge is 0.480 e. The van der Waals surface area contributed by atoms with E-state index in [0.717, 1.165) is 16.7 Å². The van der Waals surface area contributed by atoms with Gasteiger partial charge in [-0.2, -0.15) is 0 Å². The van der Waals surface area contributed by atoms with Gasteiger partial charge in [-0.1, -0.05) is 36.1 Å². The molecule has 1 atom stereocenters. The first-order chi connectivity index (χ1) is 11.3. The zero-order valence-corrected chi connectivity index (χ0v) is 14.1. The standard InChI is InChI=1S/C15H13NO6S2/c1-8(14(20)21)22-10-4-2-3-9(5-10)6-11-13(19)16(7-12(17)18)15(23)24-11/h2-6,8H,7H2,1H3,(H,17,18)(H,20,21)/b11-6-. The second kappa shape index (κ2) is 7.45. The van der Waals surface area contributed by atoms with Gasteiger partial charge in [0.25, 0.3) is 5.91 Å². The highest BCUT2D eigenvalue weighted by molar-refractivity contribution is 8.26. The molecule has 24 heavy (non-hydrogen) atoms. The first kappa shape index (κ1) is 18.0. The first-order valence-electron chi connectivity index (χ1n) is 6.74. The van der Waals surface area contributed by atoms with Gasteiger partial charge in [0.15, 0.2) is 6.10 Å². The summed E-state index contributed by atoms with van der Waals surface area (Å²) in [5.41, 5.74) is 0.612. The van der Waals surface area contributed by atoms with Crippen LogP contribution in [0, 0.1) is 0 Å². The van der Waals surface area contributed by atoms with Gasteiger partial charge >= 0.3 is 11.9 Å². The van der Waals surface area contributed by atoms with Crippen molar-refractivity contribution >= 4 is 52.2 Å². The third-order valence-corrected chi connectivity index (χ3v) is 4.36. The van der Waals surface area contributed by atoms with Gasteiger partial charge in [-0.05, 0) is 30.7 Å². The Morgan fingerprint density at radius 2 is 2.12 bits per heavy atom. The number of rotatable bonds is 6. The van der Waals surface area contributed by atoms with Crippen LogP contribution in [0.4, 0.5) is 0 Å². The number of aliphatic carboxylic acids is 2. The molecular weight excluding hydrogens is 354 g/mol. The van der Waals surface area contributed by atoms with E-state index < -0.39 is 30.5 Å². The third-order valence-electron chi connectivity index (χ3n) is 2.98. The Morgan fingerprint density at radius 3 is 2.75 bits per heavy atom. The monoisotopic (exact) mass is 367 g/mol. The predicted molar refractivity (Wildman–Crippen MR) is 91.7 cm³/mol. The summed E-state index contributed by atoms with van der Waals surface area (Å²) >= 11 is 6.03. The molecule has 0 bridgehead atoms.